The molecule has 2 saturated heterocycles. The number of anilines is 3. The average Bonchev–Trinajstić information content (AvgIpc) is 2.94. The van der Waals surface area contributed by atoms with Gasteiger partial charge in [0.15, 0.2) is 0 Å². The fourth-order valence-electron chi connectivity index (χ4n) is 3.65. The Kier molecular flexibility index (Phi) is 5.57. The highest BCUT2D eigenvalue weighted by Gasteiger charge is 2.52. The zero-order valence-corrected chi connectivity index (χ0v) is 19.2. The van der Waals surface area contributed by atoms with Crippen LogP contribution in [0.15, 0.2) is 29.2 Å². The molecule has 2 aromatic rings. The molecule has 2 aliphatic rings. The average molecular weight is 426 g/mol. The van der Waals surface area contributed by atoms with Gasteiger partial charge in [-0.3, -0.25) is 4.79 Å². The summed E-state index contributed by atoms with van der Waals surface area (Å²) in [7, 11) is 3.10. The van der Waals surface area contributed by atoms with E-state index in [0.29, 0.717) is 17.1 Å². The lowest BCUT2D eigenvalue weighted by molar-refractivity contribution is 0.00578. The van der Waals surface area contributed by atoms with Crippen molar-refractivity contribution in [1.29, 1.82) is 0 Å². The van der Waals surface area contributed by atoms with E-state index >= 15 is 0 Å². The first-order valence-electron chi connectivity index (χ1n) is 10.7. The van der Waals surface area contributed by atoms with Gasteiger partial charge in [-0.1, -0.05) is 0 Å². The minimum atomic E-state index is -0.648. The van der Waals surface area contributed by atoms with E-state index in [9.17, 15) is 4.79 Å². The van der Waals surface area contributed by atoms with Crippen LogP contribution in [0.25, 0.3) is 0 Å². The lowest BCUT2D eigenvalue weighted by Gasteiger charge is -2.33. The molecule has 0 spiro atoms. The second kappa shape index (κ2) is 7.92. The molecule has 0 atom stereocenters. The summed E-state index contributed by atoms with van der Waals surface area (Å²) in [5, 5.41) is 7.49. The van der Waals surface area contributed by atoms with Crippen LogP contribution in [-0.4, -0.2) is 71.2 Å². The Morgan fingerprint density at radius 3 is 2.26 bits per heavy atom. The molecular weight excluding hydrogens is 395 g/mol. The Labute approximate surface area is 183 Å². The molecule has 2 aromatic heterocycles. The molecule has 0 radical (unpaired) electrons. The highest BCUT2D eigenvalue weighted by atomic mass is 16.7. The number of hydrogen-bond acceptors (Lipinski definition) is 8. The van der Waals surface area contributed by atoms with E-state index in [1.807, 2.05) is 46.0 Å². The van der Waals surface area contributed by atoms with Gasteiger partial charge in [-0.2, -0.15) is 5.10 Å². The molecule has 0 amide bonds. The van der Waals surface area contributed by atoms with Crippen molar-refractivity contribution in [2.75, 3.05) is 43.4 Å². The Morgan fingerprint density at radius 1 is 1.03 bits per heavy atom. The van der Waals surface area contributed by atoms with Crippen LogP contribution in [0.2, 0.25) is 0 Å². The van der Waals surface area contributed by atoms with Crippen molar-refractivity contribution in [2.24, 2.45) is 7.05 Å². The van der Waals surface area contributed by atoms with E-state index in [1.54, 1.807) is 13.1 Å². The fourth-order valence-corrected chi connectivity index (χ4v) is 3.65. The van der Waals surface area contributed by atoms with Gasteiger partial charge < -0.3 is 24.4 Å². The Morgan fingerprint density at radius 2 is 1.68 bits per heavy atom. The minimum absolute atomic E-state index is 0.245. The summed E-state index contributed by atoms with van der Waals surface area (Å²) in [6.07, 6.45) is 1.84. The highest BCUT2D eigenvalue weighted by Crippen LogP contribution is 2.36. The third kappa shape index (κ3) is 4.33. The smallest absolute Gasteiger partial charge is 0.398 e. The Hall–Kier alpha value is -2.43. The summed E-state index contributed by atoms with van der Waals surface area (Å²) in [6, 6.07) is 5.60. The molecule has 0 aliphatic carbocycles. The van der Waals surface area contributed by atoms with Crippen LogP contribution in [0, 0.1) is 0 Å². The Balaban J connectivity index is 1.53. The predicted molar refractivity (Wildman–Crippen MR) is 122 cm³/mol. The van der Waals surface area contributed by atoms with Gasteiger partial charge in [0.1, 0.15) is 11.5 Å². The zero-order chi connectivity index (χ0) is 22.4. The van der Waals surface area contributed by atoms with E-state index in [-0.39, 0.29) is 5.56 Å². The number of likely N-dealkylation sites (N-methyl/N-ethyl adjacent to an activating group) is 1. The highest BCUT2D eigenvalue weighted by molar-refractivity contribution is 6.61. The quantitative estimate of drug-likeness (QED) is 0.725. The first-order chi connectivity index (χ1) is 14.6. The topological polar surface area (TPSA) is 84.8 Å². The van der Waals surface area contributed by atoms with Crippen LogP contribution < -0.4 is 21.4 Å². The number of pyridine rings is 1. The van der Waals surface area contributed by atoms with Gasteiger partial charge in [0.2, 0.25) is 0 Å². The van der Waals surface area contributed by atoms with E-state index in [4.69, 9.17) is 9.31 Å². The molecule has 0 aromatic carbocycles. The molecule has 1 N–H and O–H groups in total. The summed E-state index contributed by atoms with van der Waals surface area (Å²) in [6.45, 7) is 12.0. The number of nitrogens with one attached hydrogen (secondary N) is 1. The Bertz CT molecular complexity index is 983. The maximum absolute atomic E-state index is 12.7. The summed E-state index contributed by atoms with van der Waals surface area (Å²) in [4.78, 5) is 21.8. The number of rotatable bonds is 4. The van der Waals surface area contributed by atoms with Crippen molar-refractivity contribution in [3.05, 3.63) is 34.7 Å². The number of aryl methyl sites for hydroxylation is 1. The van der Waals surface area contributed by atoms with Gasteiger partial charge in [0, 0.05) is 33.2 Å². The molecule has 0 bridgehead atoms. The van der Waals surface area contributed by atoms with Crippen molar-refractivity contribution in [2.45, 2.75) is 38.9 Å². The van der Waals surface area contributed by atoms with Crippen molar-refractivity contribution < 1.29 is 9.31 Å². The lowest BCUT2D eigenvalue weighted by Crippen LogP contribution is -2.44. The monoisotopic (exact) mass is 426 g/mol. The standard InChI is InChI=1S/C21H31BN6O3/c1-20(2)21(3,4)31-22(30-20)17-13-16(19(29)27(6)25-17)24-18-8-7-15(14-23-18)28-11-9-26(5)10-12-28/h7-8,13-14H,9-12H2,1-6H3,(H,23,24). The summed E-state index contributed by atoms with van der Waals surface area (Å²) < 4.78 is 13.5. The van der Waals surface area contributed by atoms with Crippen molar-refractivity contribution in [3.63, 3.8) is 0 Å². The van der Waals surface area contributed by atoms with Crippen LogP contribution in [0.5, 0.6) is 0 Å². The number of piperazine rings is 1. The number of aromatic nitrogens is 3. The van der Waals surface area contributed by atoms with Gasteiger partial charge in [-0.25, -0.2) is 9.67 Å². The molecule has 10 heteroatoms. The fraction of sp³-hybridized carbons (Fsp3) is 0.571. The first-order valence-corrected chi connectivity index (χ1v) is 10.7. The van der Waals surface area contributed by atoms with Crippen LogP contribution in [-0.2, 0) is 16.4 Å². The summed E-state index contributed by atoms with van der Waals surface area (Å²) >= 11 is 0. The molecule has 4 rings (SSSR count). The van der Waals surface area contributed by atoms with E-state index < -0.39 is 18.3 Å². The van der Waals surface area contributed by atoms with Crippen LogP contribution >= 0.6 is 0 Å². The first kappa shape index (κ1) is 21.8. The maximum atomic E-state index is 12.7. The van der Waals surface area contributed by atoms with E-state index in [0.717, 1.165) is 31.9 Å². The van der Waals surface area contributed by atoms with E-state index in [1.165, 1.54) is 4.68 Å². The normalized spacial score (nSPS) is 20.8. The van der Waals surface area contributed by atoms with Crippen molar-refractivity contribution in [1.82, 2.24) is 19.7 Å². The number of hydrogen-bond donors (Lipinski definition) is 1. The van der Waals surface area contributed by atoms with Crippen molar-refractivity contribution in [3.8, 4) is 0 Å². The van der Waals surface area contributed by atoms with Gasteiger partial charge in [0.05, 0.1) is 28.7 Å². The second-order valence-electron chi connectivity index (χ2n) is 9.32. The lowest BCUT2D eigenvalue weighted by atomic mass is 9.84. The predicted octanol–water partition coefficient (Wildman–Crippen LogP) is 0.970. The van der Waals surface area contributed by atoms with E-state index in [2.05, 4.69) is 32.2 Å². The summed E-state index contributed by atoms with van der Waals surface area (Å²) in [5.41, 5.74) is 0.786. The van der Waals surface area contributed by atoms with Gasteiger partial charge in [-0.05, 0) is 52.9 Å². The molecule has 9 nitrogen and oxygen atoms in total. The van der Waals surface area contributed by atoms with Gasteiger partial charge >= 0.3 is 7.12 Å². The third-order valence-corrected chi connectivity index (χ3v) is 6.46. The van der Waals surface area contributed by atoms with Gasteiger partial charge in [-0.15, -0.1) is 0 Å². The number of nitrogens with zero attached hydrogens (tertiary/aromatic N) is 5. The maximum Gasteiger partial charge on any atom is 0.516 e. The SMILES string of the molecule is CN1CCN(c2ccc(Nc3cc(B4OC(C)(C)C(C)(C)O4)nn(C)c3=O)nc2)CC1. The molecule has 4 heterocycles. The third-order valence-electron chi connectivity index (χ3n) is 6.46. The molecule has 31 heavy (non-hydrogen) atoms. The summed E-state index contributed by atoms with van der Waals surface area (Å²) in [5.74, 6) is 0.598. The van der Waals surface area contributed by atoms with Crippen LogP contribution in [0.4, 0.5) is 17.2 Å². The molecule has 166 valence electrons. The largest absolute Gasteiger partial charge is 0.516 e. The van der Waals surface area contributed by atoms with Crippen molar-refractivity contribution >= 4 is 29.9 Å². The molecule has 2 aliphatic heterocycles. The zero-order valence-electron chi connectivity index (χ0n) is 19.2. The van der Waals surface area contributed by atoms with Crippen LogP contribution in [0.3, 0.4) is 0 Å². The van der Waals surface area contributed by atoms with Gasteiger partial charge in [0.25, 0.3) is 5.56 Å². The minimum Gasteiger partial charge on any atom is -0.398 e. The second-order valence-corrected chi connectivity index (χ2v) is 9.32. The molecule has 0 unspecified atom stereocenters. The molecular formula is C21H31BN6O3. The molecule has 0 saturated carbocycles. The molecule has 2 fully saturated rings. The van der Waals surface area contributed by atoms with Crippen LogP contribution in [0.1, 0.15) is 27.7 Å².